The van der Waals surface area contributed by atoms with Gasteiger partial charge in [-0.25, -0.2) is 0 Å². The molecule has 2 aromatic heterocycles. The second-order valence-corrected chi connectivity index (χ2v) is 8.68. The molecule has 1 saturated heterocycles. The van der Waals surface area contributed by atoms with Gasteiger partial charge in [0.15, 0.2) is 0 Å². The molecule has 1 amide bonds. The van der Waals surface area contributed by atoms with E-state index in [1.807, 2.05) is 36.2 Å². The second kappa shape index (κ2) is 9.90. The van der Waals surface area contributed by atoms with Crippen LogP contribution in [0.1, 0.15) is 37.1 Å². The van der Waals surface area contributed by atoms with E-state index in [0.717, 1.165) is 49.4 Å². The Morgan fingerprint density at radius 1 is 1.19 bits per heavy atom. The van der Waals surface area contributed by atoms with Crippen LogP contribution in [0.15, 0.2) is 54.7 Å². The van der Waals surface area contributed by atoms with E-state index in [1.165, 1.54) is 23.9 Å². The molecular formula is C26H32N4O. The van der Waals surface area contributed by atoms with Crippen LogP contribution in [-0.2, 0) is 11.2 Å². The van der Waals surface area contributed by atoms with Gasteiger partial charge in [-0.3, -0.25) is 14.8 Å². The van der Waals surface area contributed by atoms with Crippen molar-refractivity contribution < 1.29 is 4.79 Å². The first-order valence-electron chi connectivity index (χ1n) is 11.4. The molecule has 1 fully saturated rings. The Morgan fingerprint density at radius 3 is 2.87 bits per heavy atom. The summed E-state index contributed by atoms with van der Waals surface area (Å²) in [6, 6.07) is 16.5. The summed E-state index contributed by atoms with van der Waals surface area (Å²) in [5.41, 5.74) is 4.43. The van der Waals surface area contributed by atoms with Crippen LogP contribution in [0.4, 0.5) is 5.69 Å². The molecule has 1 aromatic carbocycles. The highest BCUT2D eigenvalue weighted by Crippen LogP contribution is 2.31. The number of aromatic nitrogens is 2. The maximum atomic E-state index is 12.7. The highest BCUT2D eigenvalue weighted by molar-refractivity contribution is 5.92. The number of piperidine rings is 1. The molecule has 5 nitrogen and oxygen atoms in total. The number of fused-ring (bicyclic) bond motifs is 1. The third-order valence-electron chi connectivity index (χ3n) is 6.30. The molecule has 1 aliphatic rings. The Balaban J connectivity index is 1.33. The molecule has 0 saturated carbocycles. The third kappa shape index (κ3) is 5.40. The first-order valence-corrected chi connectivity index (χ1v) is 11.4. The molecule has 3 heterocycles. The van der Waals surface area contributed by atoms with Gasteiger partial charge < -0.3 is 9.80 Å². The summed E-state index contributed by atoms with van der Waals surface area (Å²) in [6.07, 6.45) is 6.54. The second-order valence-electron chi connectivity index (χ2n) is 8.68. The summed E-state index contributed by atoms with van der Waals surface area (Å²) in [4.78, 5) is 26.1. The van der Waals surface area contributed by atoms with Crippen molar-refractivity contribution in [3.05, 3.63) is 66.1 Å². The smallest absolute Gasteiger partial charge is 0.222 e. The summed E-state index contributed by atoms with van der Waals surface area (Å²) in [5.74, 6) is 0.785. The van der Waals surface area contributed by atoms with Gasteiger partial charge in [-0.1, -0.05) is 24.3 Å². The number of hydrogen-bond donors (Lipinski definition) is 0. The van der Waals surface area contributed by atoms with Gasteiger partial charge in [0.05, 0.1) is 5.52 Å². The van der Waals surface area contributed by atoms with Gasteiger partial charge in [0.25, 0.3) is 0 Å². The summed E-state index contributed by atoms with van der Waals surface area (Å²) in [7, 11) is 1.91. The van der Waals surface area contributed by atoms with Crippen LogP contribution in [-0.4, -0.2) is 47.5 Å². The van der Waals surface area contributed by atoms with Crippen molar-refractivity contribution >= 4 is 22.5 Å². The average molecular weight is 417 g/mol. The summed E-state index contributed by atoms with van der Waals surface area (Å²) in [5, 5.41) is 1.22. The number of pyridine rings is 2. The normalized spacial score (nSPS) is 16.5. The lowest BCUT2D eigenvalue weighted by Gasteiger charge is -2.35. The molecule has 0 bridgehead atoms. The van der Waals surface area contributed by atoms with Crippen LogP contribution in [0, 0.1) is 12.8 Å². The average Bonchev–Trinajstić information content (AvgIpc) is 2.81. The van der Waals surface area contributed by atoms with E-state index in [0.29, 0.717) is 12.3 Å². The summed E-state index contributed by atoms with van der Waals surface area (Å²) < 4.78 is 0. The highest BCUT2D eigenvalue weighted by atomic mass is 16.2. The number of hydrogen-bond acceptors (Lipinski definition) is 4. The zero-order valence-corrected chi connectivity index (χ0v) is 18.6. The fourth-order valence-electron chi connectivity index (χ4n) is 4.54. The predicted octanol–water partition coefficient (Wildman–Crippen LogP) is 4.64. The van der Waals surface area contributed by atoms with Crippen molar-refractivity contribution in [2.45, 2.75) is 39.0 Å². The van der Waals surface area contributed by atoms with Gasteiger partial charge in [-0.15, -0.1) is 0 Å². The molecule has 1 atom stereocenters. The number of carbonyl (C=O) groups excluding carboxylic acids is 1. The fraction of sp³-hybridized carbons (Fsp3) is 0.423. The van der Waals surface area contributed by atoms with Gasteiger partial charge >= 0.3 is 0 Å². The molecule has 0 aliphatic carbocycles. The van der Waals surface area contributed by atoms with Crippen molar-refractivity contribution in [1.82, 2.24) is 14.9 Å². The fourth-order valence-corrected chi connectivity index (χ4v) is 4.54. The van der Waals surface area contributed by atoms with Crippen LogP contribution in [0.2, 0.25) is 0 Å². The Labute approximate surface area is 185 Å². The van der Waals surface area contributed by atoms with Gasteiger partial charge in [0, 0.05) is 68.2 Å². The maximum absolute atomic E-state index is 12.7. The molecule has 31 heavy (non-hydrogen) atoms. The van der Waals surface area contributed by atoms with Crippen LogP contribution in [0.3, 0.4) is 0 Å². The topological polar surface area (TPSA) is 49.3 Å². The molecule has 1 unspecified atom stereocenters. The van der Waals surface area contributed by atoms with Crippen LogP contribution < -0.4 is 4.90 Å². The van der Waals surface area contributed by atoms with Gasteiger partial charge in [0.2, 0.25) is 5.91 Å². The van der Waals surface area contributed by atoms with E-state index in [1.54, 1.807) is 6.20 Å². The molecule has 3 aromatic rings. The van der Waals surface area contributed by atoms with E-state index < -0.39 is 0 Å². The summed E-state index contributed by atoms with van der Waals surface area (Å²) >= 11 is 0. The number of likely N-dealkylation sites (N-methyl/N-ethyl adjacent to an activating group) is 1. The minimum atomic E-state index is 0.234. The molecule has 1 aliphatic heterocycles. The van der Waals surface area contributed by atoms with Crippen molar-refractivity contribution in [3.8, 4) is 0 Å². The lowest BCUT2D eigenvalue weighted by molar-refractivity contribution is -0.130. The van der Waals surface area contributed by atoms with Gasteiger partial charge in [0.1, 0.15) is 0 Å². The number of para-hydroxylation sites is 1. The molecular weight excluding hydrogens is 384 g/mol. The Morgan fingerprint density at radius 2 is 2.03 bits per heavy atom. The Hall–Kier alpha value is -2.95. The van der Waals surface area contributed by atoms with E-state index in [4.69, 9.17) is 0 Å². The Kier molecular flexibility index (Phi) is 6.80. The number of anilines is 1. The lowest BCUT2D eigenvalue weighted by Crippen LogP contribution is -2.36. The molecule has 5 heteroatoms. The van der Waals surface area contributed by atoms with Crippen LogP contribution >= 0.6 is 0 Å². The molecule has 4 rings (SSSR count). The molecule has 0 N–H and O–H groups in total. The van der Waals surface area contributed by atoms with E-state index in [2.05, 4.69) is 46.1 Å². The molecule has 0 spiro atoms. The van der Waals surface area contributed by atoms with E-state index in [9.17, 15) is 4.79 Å². The lowest BCUT2D eigenvalue weighted by atomic mass is 9.92. The number of aryl methyl sites for hydroxylation is 1. The summed E-state index contributed by atoms with van der Waals surface area (Å²) in [6.45, 7) is 4.87. The quantitative estimate of drug-likeness (QED) is 0.563. The minimum Gasteiger partial charge on any atom is -0.371 e. The van der Waals surface area contributed by atoms with Crippen LogP contribution in [0.5, 0.6) is 0 Å². The first kappa shape index (κ1) is 21.3. The number of amides is 1. The SMILES string of the molecule is Cc1cc(N2CCCC(CCC(=O)N(C)CCc3ccccn3)C2)c2ccccc2n1. The largest absolute Gasteiger partial charge is 0.371 e. The standard InChI is InChI=1S/C26H32N4O/c1-20-18-25(23-10-3-4-11-24(23)28-20)30-16-7-8-21(19-30)12-13-26(31)29(2)17-14-22-9-5-6-15-27-22/h3-6,9-11,15,18,21H,7-8,12-14,16-17,19H2,1-2H3. The molecule has 0 radical (unpaired) electrons. The monoisotopic (exact) mass is 416 g/mol. The van der Waals surface area contributed by atoms with E-state index >= 15 is 0 Å². The number of rotatable bonds is 7. The Bertz CT molecular complexity index is 1020. The zero-order chi connectivity index (χ0) is 21.6. The zero-order valence-electron chi connectivity index (χ0n) is 18.6. The number of carbonyl (C=O) groups is 1. The van der Waals surface area contributed by atoms with Crippen molar-refractivity contribution in [2.24, 2.45) is 5.92 Å². The van der Waals surface area contributed by atoms with Crippen LogP contribution in [0.25, 0.3) is 10.9 Å². The maximum Gasteiger partial charge on any atom is 0.222 e. The van der Waals surface area contributed by atoms with E-state index in [-0.39, 0.29) is 5.91 Å². The molecule has 162 valence electrons. The van der Waals surface area contributed by atoms with Gasteiger partial charge in [-0.05, 0) is 56.4 Å². The first-order chi connectivity index (χ1) is 15.1. The van der Waals surface area contributed by atoms with Gasteiger partial charge in [-0.2, -0.15) is 0 Å². The van der Waals surface area contributed by atoms with Crippen molar-refractivity contribution in [2.75, 3.05) is 31.6 Å². The number of benzene rings is 1. The van der Waals surface area contributed by atoms with Crippen molar-refractivity contribution in [1.29, 1.82) is 0 Å². The van der Waals surface area contributed by atoms with Crippen molar-refractivity contribution in [3.63, 3.8) is 0 Å². The number of nitrogens with zero attached hydrogens (tertiary/aromatic N) is 4. The third-order valence-corrected chi connectivity index (χ3v) is 6.30. The highest BCUT2D eigenvalue weighted by Gasteiger charge is 2.23. The minimum absolute atomic E-state index is 0.234. The predicted molar refractivity (Wildman–Crippen MR) is 126 cm³/mol.